The number of hydrogen-bond acceptors (Lipinski definition) is 2. The summed E-state index contributed by atoms with van der Waals surface area (Å²) in [6, 6.07) is 1.12. The number of aromatic nitrogens is 1. The van der Waals surface area contributed by atoms with Crippen LogP contribution in [0.5, 0.6) is 0 Å². The number of nitrogens with zero attached hydrogens (tertiary/aromatic N) is 1. The maximum atomic E-state index is 12.9. The van der Waals surface area contributed by atoms with E-state index in [0.29, 0.717) is 5.56 Å². The molecule has 0 aliphatic heterocycles. The molecule has 0 radical (unpaired) electrons. The van der Waals surface area contributed by atoms with Gasteiger partial charge < -0.3 is 5.11 Å². The minimum absolute atomic E-state index is 0.576. The number of rotatable bonds is 1. The molecule has 1 aromatic heterocycles. The Bertz CT molecular complexity index is 298. The number of pyridine rings is 1. The molecule has 54 valence electrons. The molecule has 0 bridgehead atoms. The van der Waals surface area contributed by atoms with E-state index in [0.717, 1.165) is 6.07 Å². The van der Waals surface area contributed by atoms with Crippen LogP contribution in [-0.2, 0) is 6.56 Å². The van der Waals surface area contributed by atoms with Crippen molar-refractivity contribution in [1.82, 2.24) is 4.98 Å². The normalized spacial score (nSPS) is 14.3. The maximum Gasteiger partial charge on any atom is 0.147 e. The lowest BCUT2D eigenvalue weighted by molar-refractivity contribution is 0.270. The molecule has 1 aromatic rings. The molecular weight excluding hydrogens is 133 g/mol. The van der Waals surface area contributed by atoms with E-state index in [1.54, 1.807) is 6.92 Å². The van der Waals surface area contributed by atoms with E-state index in [2.05, 4.69) is 4.98 Å². The first-order chi connectivity index (χ1) is 5.41. The van der Waals surface area contributed by atoms with Crippen molar-refractivity contribution in [3.05, 3.63) is 29.3 Å². The molecule has 0 aromatic carbocycles. The fourth-order valence-corrected chi connectivity index (χ4v) is 0.616. The lowest BCUT2D eigenvalue weighted by atomic mass is 10.3. The van der Waals surface area contributed by atoms with Crippen LogP contribution >= 0.6 is 0 Å². The van der Waals surface area contributed by atoms with Gasteiger partial charge in [-0.3, -0.25) is 4.98 Å². The summed E-state index contributed by atoms with van der Waals surface area (Å²) in [6.45, 7) is -1.08. The van der Waals surface area contributed by atoms with E-state index in [1.807, 2.05) is 0 Å². The summed E-state index contributed by atoms with van der Waals surface area (Å²) in [5, 5.41) is 8.79. The van der Waals surface area contributed by atoms with Crippen molar-refractivity contribution < 1.29 is 12.2 Å². The van der Waals surface area contributed by atoms with Crippen molar-refractivity contribution in [3.8, 4) is 0 Å². The first-order valence-corrected chi connectivity index (χ1v) is 2.76. The highest BCUT2D eigenvalue weighted by Crippen LogP contribution is 2.04. The van der Waals surface area contributed by atoms with Crippen LogP contribution in [0.3, 0.4) is 0 Å². The van der Waals surface area contributed by atoms with Gasteiger partial charge in [0.15, 0.2) is 0 Å². The maximum absolute atomic E-state index is 12.9. The zero-order valence-corrected chi connectivity index (χ0v) is 5.43. The van der Waals surface area contributed by atoms with Crippen LogP contribution in [0.1, 0.15) is 14.0 Å². The molecule has 0 spiro atoms. The largest absolute Gasteiger partial charge is 0.390 e. The van der Waals surface area contributed by atoms with Crippen LogP contribution in [0.2, 0.25) is 0 Å². The molecule has 0 fully saturated rings. The van der Waals surface area contributed by atoms with Gasteiger partial charge in [0.1, 0.15) is 11.5 Å². The zero-order valence-electron chi connectivity index (χ0n) is 7.43. The van der Waals surface area contributed by atoms with Crippen molar-refractivity contribution in [3.63, 3.8) is 0 Å². The standard InChI is InChI=1S/C7H8FNO/c1-5-2-6(8)7(4-10)9-3-5/h2-3,10H,4H2,1H3/i4D2. The molecule has 3 heteroatoms. The van der Waals surface area contributed by atoms with Gasteiger partial charge in [0.05, 0.1) is 9.30 Å². The van der Waals surface area contributed by atoms with Crippen LogP contribution in [0.4, 0.5) is 4.39 Å². The van der Waals surface area contributed by atoms with Gasteiger partial charge in [-0.15, -0.1) is 0 Å². The second-order valence-electron chi connectivity index (χ2n) is 1.95. The van der Waals surface area contributed by atoms with Crippen molar-refractivity contribution in [1.29, 1.82) is 0 Å². The quantitative estimate of drug-likeness (QED) is 0.636. The van der Waals surface area contributed by atoms with Crippen LogP contribution in [0.25, 0.3) is 0 Å². The Kier molecular flexibility index (Phi) is 1.32. The average molecular weight is 143 g/mol. The monoisotopic (exact) mass is 143 g/mol. The number of aryl methyl sites for hydroxylation is 1. The summed E-state index contributed by atoms with van der Waals surface area (Å²) >= 11 is 0. The summed E-state index contributed by atoms with van der Waals surface area (Å²) in [7, 11) is 0. The van der Waals surface area contributed by atoms with Gasteiger partial charge in [-0.05, 0) is 18.6 Å². The molecule has 10 heavy (non-hydrogen) atoms. The lowest BCUT2D eigenvalue weighted by Crippen LogP contribution is -1.94. The second kappa shape index (κ2) is 2.75. The van der Waals surface area contributed by atoms with Crippen LogP contribution in [-0.4, -0.2) is 10.1 Å². The van der Waals surface area contributed by atoms with Gasteiger partial charge in [0.25, 0.3) is 0 Å². The Morgan fingerprint density at radius 2 is 2.60 bits per heavy atom. The topological polar surface area (TPSA) is 33.1 Å². The first-order valence-electron chi connectivity index (χ1n) is 3.76. The van der Waals surface area contributed by atoms with Gasteiger partial charge in [-0.25, -0.2) is 4.39 Å². The molecule has 0 unspecified atom stereocenters. The third-order valence-corrected chi connectivity index (χ3v) is 1.08. The third kappa shape index (κ3) is 1.30. The highest BCUT2D eigenvalue weighted by molar-refractivity contribution is 5.13. The zero-order chi connectivity index (χ0) is 9.35. The molecule has 0 saturated carbocycles. The predicted molar refractivity (Wildman–Crippen MR) is 34.9 cm³/mol. The van der Waals surface area contributed by atoms with Crippen LogP contribution < -0.4 is 0 Å². The van der Waals surface area contributed by atoms with Crippen molar-refractivity contribution >= 4 is 0 Å². The summed E-state index contributed by atoms with van der Waals surface area (Å²) in [4.78, 5) is 3.45. The molecule has 2 nitrogen and oxygen atoms in total. The van der Waals surface area contributed by atoms with Crippen LogP contribution in [0, 0.1) is 12.7 Å². The molecule has 0 aliphatic rings. The molecule has 0 amide bonds. The molecular formula is C7H8FNO. The van der Waals surface area contributed by atoms with Gasteiger partial charge in [-0.2, -0.15) is 0 Å². The number of hydrogen-bond donors (Lipinski definition) is 1. The van der Waals surface area contributed by atoms with Crippen molar-refractivity contribution in [2.75, 3.05) is 0 Å². The smallest absolute Gasteiger partial charge is 0.147 e. The fraction of sp³-hybridized carbons (Fsp3) is 0.286. The van der Waals surface area contributed by atoms with E-state index in [-0.39, 0.29) is 0 Å². The summed E-state index contributed by atoms with van der Waals surface area (Å²) in [5.74, 6) is -0.831. The van der Waals surface area contributed by atoms with Gasteiger partial charge >= 0.3 is 0 Å². The van der Waals surface area contributed by atoms with Crippen molar-refractivity contribution in [2.24, 2.45) is 0 Å². The van der Waals surface area contributed by atoms with Gasteiger partial charge in [0, 0.05) is 6.20 Å². The molecule has 1 rings (SSSR count). The van der Waals surface area contributed by atoms with E-state index >= 15 is 0 Å². The molecule has 1 heterocycles. The van der Waals surface area contributed by atoms with Crippen LogP contribution in [0.15, 0.2) is 12.3 Å². The van der Waals surface area contributed by atoms with Gasteiger partial charge in [-0.1, -0.05) is 0 Å². The minimum atomic E-state index is -2.71. The first kappa shape index (κ1) is 4.79. The number of halogens is 1. The number of aliphatic hydroxyl groups is 1. The lowest BCUT2D eigenvalue weighted by Gasteiger charge is -1.97. The SMILES string of the molecule is [2H]C([2H])(O)c1ncc(C)cc1F. The Morgan fingerprint density at radius 3 is 3.10 bits per heavy atom. The predicted octanol–water partition coefficient (Wildman–Crippen LogP) is 1.02. The minimum Gasteiger partial charge on any atom is -0.390 e. The Morgan fingerprint density at radius 1 is 1.90 bits per heavy atom. The van der Waals surface area contributed by atoms with E-state index in [4.69, 9.17) is 7.85 Å². The summed E-state index contributed by atoms with van der Waals surface area (Å²) < 4.78 is 26.5. The summed E-state index contributed by atoms with van der Waals surface area (Å²) in [6.07, 6.45) is 1.30. The molecule has 1 N–H and O–H groups in total. The highest BCUT2D eigenvalue weighted by Gasteiger charge is 2.00. The van der Waals surface area contributed by atoms with Crippen molar-refractivity contribution in [2.45, 2.75) is 13.5 Å². The Hall–Kier alpha value is -0.960. The Balaban J connectivity index is 3.19. The molecule has 0 atom stereocenters. The summed E-state index contributed by atoms with van der Waals surface area (Å²) in [5.41, 5.74) is 0.00796. The third-order valence-electron chi connectivity index (χ3n) is 1.08. The Labute approximate surface area is 61.2 Å². The van der Waals surface area contributed by atoms with E-state index < -0.39 is 18.1 Å². The molecule has 0 saturated heterocycles. The average Bonchev–Trinajstić information content (AvgIpc) is 1.83. The van der Waals surface area contributed by atoms with E-state index in [1.165, 1.54) is 6.20 Å². The van der Waals surface area contributed by atoms with Gasteiger partial charge in [0.2, 0.25) is 0 Å². The van der Waals surface area contributed by atoms with E-state index in [9.17, 15) is 4.39 Å². The molecule has 0 aliphatic carbocycles. The fourth-order valence-electron chi connectivity index (χ4n) is 0.616. The second-order valence-corrected chi connectivity index (χ2v) is 1.95. The highest BCUT2D eigenvalue weighted by atomic mass is 19.1.